The second-order valence-electron chi connectivity index (χ2n) is 7.70. The largest absolute Gasteiger partial charge is 0.497 e. The number of nitrogens with zero attached hydrogens (tertiary/aromatic N) is 4. The molecule has 0 bridgehead atoms. The van der Waals surface area contributed by atoms with E-state index in [0.717, 1.165) is 47.3 Å². The van der Waals surface area contributed by atoms with E-state index in [1.54, 1.807) is 13.3 Å². The van der Waals surface area contributed by atoms with Crippen molar-refractivity contribution in [2.45, 2.75) is 18.0 Å². The van der Waals surface area contributed by atoms with Crippen LogP contribution in [-0.2, 0) is 0 Å². The van der Waals surface area contributed by atoms with E-state index in [-0.39, 0.29) is 0 Å². The highest BCUT2D eigenvalue weighted by molar-refractivity contribution is 7.98. The molecule has 2 heterocycles. The molecule has 178 valence electrons. The minimum atomic E-state index is 0.438. The molecule has 2 aromatic carbocycles. The number of methoxy groups -OCH3 is 1. The van der Waals surface area contributed by atoms with Crippen LogP contribution in [0.5, 0.6) is 5.75 Å². The fourth-order valence-corrected chi connectivity index (χ4v) is 4.21. The molecule has 0 spiro atoms. The van der Waals surface area contributed by atoms with Crippen LogP contribution < -0.4 is 15.4 Å². The molecule has 0 aliphatic carbocycles. The summed E-state index contributed by atoms with van der Waals surface area (Å²) in [5.74, 6) is 1.31. The molecule has 4 rings (SSSR count). The lowest BCUT2D eigenvalue weighted by Crippen LogP contribution is -2.10. The summed E-state index contributed by atoms with van der Waals surface area (Å²) >= 11 is 7.52. The maximum atomic E-state index is 9.87. The molecule has 9 heteroatoms. The van der Waals surface area contributed by atoms with E-state index < -0.39 is 0 Å². The fourth-order valence-electron chi connectivity index (χ4n) is 3.68. The number of nitriles is 1. The summed E-state index contributed by atoms with van der Waals surface area (Å²) in [7, 11) is 1.62. The van der Waals surface area contributed by atoms with Crippen LogP contribution in [0, 0.1) is 11.3 Å². The van der Waals surface area contributed by atoms with Crippen LogP contribution in [0.15, 0.2) is 59.9 Å². The zero-order valence-electron chi connectivity index (χ0n) is 19.5. The Morgan fingerprint density at radius 3 is 2.51 bits per heavy atom. The van der Waals surface area contributed by atoms with Crippen molar-refractivity contribution in [3.05, 3.63) is 65.3 Å². The maximum Gasteiger partial charge on any atom is 0.189 e. The zero-order valence-corrected chi connectivity index (χ0v) is 21.1. The average molecular weight is 505 g/mol. The lowest BCUT2D eigenvalue weighted by atomic mass is 10.1. The summed E-state index contributed by atoms with van der Waals surface area (Å²) < 4.78 is 5.24. The lowest BCUT2D eigenvalue weighted by molar-refractivity contribution is 0.415. The van der Waals surface area contributed by atoms with Gasteiger partial charge in [-0.1, -0.05) is 23.4 Å². The fraction of sp³-hybridized carbons (Fsp3) is 0.231. The first kappa shape index (κ1) is 24.6. The average Bonchev–Trinajstić information content (AvgIpc) is 2.89. The zero-order chi connectivity index (χ0) is 24.6. The summed E-state index contributed by atoms with van der Waals surface area (Å²) in [5.41, 5.74) is 3.81. The van der Waals surface area contributed by atoms with Crippen molar-refractivity contribution in [1.29, 1.82) is 5.26 Å². The van der Waals surface area contributed by atoms with E-state index in [4.69, 9.17) is 16.3 Å². The number of hydrogen-bond donors (Lipinski definition) is 2. The van der Waals surface area contributed by atoms with Crippen molar-refractivity contribution >= 4 is 45.8 Å². The van der Waals surface area contributed by atoms with Crippen LogP contribution >= 0.6 is 23.4 Å². The van der Waals surface area contributed by atoms with Crippen LogP contribution in [0.2, 0.25) is 5.02 Å². The number of anilines is 2. The third-order valence-corrected chi connectivity index (χ3v) is 6.25. The molecule has 7 nitrogen and oxygen atoms in total. The third kappa shape index (κ3) is 5.94. The summed E-state index contributed by atoms with van der Waals surface area (Å²) in [6.07, 6.45) is 5.55. The van der Waals surface area contributed by atoms with Crippen molar-refractivity contribution < 1.29 is 4.74 Å². The van der Waals surface area contributed by atoms with Gasteiger partial charge in [-0.15, -0.1) is 0 Å². The van der Waals surface area contributed by atoms with Gasteiger partial charge in [-0.3, -0.25) is 4.98 Å². The van der Waals surface area contributed by atoms with Crippen LogP contribution in [-0.4, -0.2) is 41.4 Å². The monoisotopic (exact) mass is 504 g/mol. The van der Waals surface area contributed by atoms with Gasteiger partial charge in [0.15, 0.2) is 5.16 Å². The van der Waals surface area contributed by atoms with Crippen molar-refractivity contribution in [2.24, 2.45) is 0 Å². The number of halogens is 1. The topological polar surface area (TPSA) is 95.8 Å². The third-order valence-electron chi connectivity index (χ3n) is 5.46. The van der Waals surface area contributed by atoms with Crippen LogP contribution in [0.4, 0.5) is 11.5 Å². The smallest absolute Gasteiger partial charge is 0.189 e. The standard InChI is InChI=1S/C26H25ClN6OS/c1-34-19-8-5-17(6-9-19)24-21(16-28)25(33-26(32-24)35-2)31-13-4-3-12-29-22-11-14-30-23-15-18(27)7-10-20(22)23/h5-11,14-15H,3-4,12-13H2,1-2H3,(H,29,30)(H,31,32,33). The number of thioether (sulfide) groups is 1. The molecule has 2 aromatic heterocycles. The molecule has 4 aromatic rings. The second-order valence-corrected chi connectivity index (χ2v) is 8.91. The SMILES string of the molecule is COc1ccc(-c2nc(SC)nc(NCCCCNc3ccnc4cc(Cl)ccc34)c2C#N)cc1. The molecule has 2 N–H and O–H groups in total. The molecule has 0 fully saturated rings. The Kier molecular flexibility index (Phi) is 8.24. The number of aromatic nitrogens is 3. The molecule has 0 saturated heterocycles. The highest BCUT2D eigenvalue weighted by Gasteiger charge is 2.16. The predicted molar refractivity (Wildman–Crippen MR) is 143 cm³/mol. The lowest BCUT2D eigenvalue weighted by Gasteiger charge is -2.13. The Balaban J connectivity index is 1.38. The first-order valence-electron chi connectivity index (χ1n) is 11.2. The molecule has 0 unspecified atom stereocenters. The Bertz CT molecular complexity index is 1360. The first-order valence-corrected chi connectivity index (χ1v) is 12.8. The number of rotatable bonds is 10. The van der Waals surface area contributed by atoms with Crippen LogP contribution in [0.1, 0.15) is 18.4 Å². The molecule has 0 aliphatic heterocycles. The van der Waals surface area contributed by atoms with Gasteiger partial charge in [0.25, 0.3) is 0 Å². The van der Waals surface area contributed by atoms with E-state index in [2.05, 4.69) is 31.7 Å². The number of hydrogen-bond acceptors (Lipinski definition) is 8. The Hall–Kier alpha value is -3.54. The number of pyridine rings is 1. The van der Waals surface area contributed by atoms with Gasteiger partial charge in [-0.05, 0) is 67.6 Å². The number of ether oxygens (including phenoxy) is 1. The minimum absolute atomic E-state index is 0.438. The van der Waals surface area contributed by atoms with E-state index in [1.165, 1.54) is 11.8 Å². The molecule has 0 radical (unpaired) electrons. The van der Waals surface area contributed by atoms with Crippen molar-refractivity contribution in [3.63, 3.8) is 0 Å². The van der Waals surface area contributed by atoms with Crippen molar-refractivity contribution in [3.8, 4) is 23.1 Å². The molecule has 0 aliphatic rings. The van der Waals surface area contributed by atoms with Gasteiger partial charge in [0, 0.05) is 40.9 Å². The summed E-state index contributed by atoms with van der Waals surface area (Å²) in [5, 5.41) is 19.0. The maximum absolute atomic E-state index is 9.87. The Morgan fingerprint density at radius 1 is 1.03 bits per heavy atom. The second kappa shape index (κ2) is 11.7. The van der Waals surface area contributed by atoms with Gasteiger partial charge in [-0.25, -0.2) is 9.97 Å². The van der Waals surface area contributed by atoms with Gasteiger partial charge < -0.3 is 15.4 Å². The molecule has 0 atom stereocenters. The molecule has 35 heavy (non-hydrogen) atoms. The molecular weight excluding hydrogens is 480 g/mol. The molecule has 0 saturated carbocycles. The highest BCUT2D eigenvalue weighted by Crippen LogP contribution is 2.29. The number of nitrogens with one attached hydrogen (secondary N) is 2. The molecular formula is C26H25ClN6OS. The molecule has 0 amide bonds. The highest BCUT2D eigenvalue weighted by atomic mass is 35.5. The number of fused-ring (bicyclic) bond motifs is 1. The number of benzene rings is 2. The summed E-state index contributed by atoms with van der Waals surface area (Å²) in [4.78, 5) is 13.5. The van der Waals surface area contributed by atoms with Gasteiger partial charge >= 0.3 is 0 Å². The first-order chi connectivity index (χ1) is 17.1. The van der Waals surface area contributed by atoms with E-state index in [0.29, 0.717) is 33.8 Å². The number of unbranched alkanes of at least 4 members (excludes halogenated alkanes) is 1. The Labute approximate surface area is 213 Å². The predicted octanol–water partition coefficient (Wildman–Crippen LogP) is 6.25. The van der Waals surface area contributed by atoms with E-state index in [9.17, 15) is 5.26 Å². The van der Waals surface area contributed by atoms with Crippen molar-refractivity contribution in [1.82, 2.24) is 15.0 Å². The quantitative estimate of drug-likeness (QED) is 0.148. The normalized spacial score (nSPS) is 10.7. The van der Waals surface area contributed by atoms with Gasteiger partial charge in [0.05, 0.1) is 18.3 Å². The van der Waals surface area contributed by atoms with E-state index in [1.807, 2.05) is 54.8 Å². The van der Waals surface area contributed by atoms with Gasteiger partial charge in [0.2, 0.25) is 0 Å². The minimum Gasteiger partial charge on any atom is -0.497 e. The summed E-state index contributed by atoms with van der Waals surface area (Å²) in [6, 6.07) is 17.5. The van der Waals surface area contributed by atoms with Crippen LogP contribution in [0.3, 0.4) is 0 Å². The summed E-state index contributed by atoms with van der Waals surface area (Å²) in [6.45, 7) is 1.50. The van der Waals surface area contributed by atoms with Crippen molar-refractivity contribution in [2.75, 3.05) is 37.1 Å². The van der Waals surface area contributed by atoms with Gasteiger partial charge in [0.1, 0.15) is 23.2 Å². The van der Waals surface area contributed by atoms with Gasteiger partial charge in [-0.2, -0.15) is 5.26 Å². The van der Waals surface area contributed by atoms with Crippen LogP contribution in [0.25, 0.3) is 22.2 Å². The van der Waals surface area contributed by atoms with E-state index >= 15 is 0 Å². The Morgan fingerprint density at radius 2 is 1.80 bits per heavy atom.